The van der Waals surface area contributed by atoms with Crippen molar-refractivity contribution in [1.82, 2.24) is 15.5 Å². The molecule has 1 aromatic rings. The van der Waals surface area contributed by atoms with Gasteiger partial charge < -0.3 is 34.9 Å². The minimum Gasteiger partial charge on any atom is -0.444 e. The first-order valence-electron chi connectivity index (χ1n) is 10.7. The maximum absolute atomic E-state index is 12.3. The van der Waals surface area contributed by atoms with E-state index in [1.165, 1.54) is 4.90 Å². The summed E-state index contributed by atoms with van der Waals surface area (Å²) in [5, 5.41) is 15.6. The minimum atomic E-state index is -1.02. The summed E-state index contributed by atoms with van der Waals surface area (Å²) in [6, 6.07) is 6.87. The molecule has 0 aliphatic carbocycles. The molecule has 1 heterocycles. The Morgan fingerprint density at radius 3 is 2.28 bits per heavy atom. The van der Waals surface area contributed by atoms with Gasteiger partial charge in [0.2, 0.25) is 5.91 Å². The highest BCUT2D eigenvalue weighted by Gasteiger charge is 2.34. The molecule has 3 N–H and O–H groups in total. The highest BCUT2D eigenvalue weighted by molar-refractivity contribution is 5.99. The van der Waals surface area contributed by atoms with E-state index in [1.807, 2.05) is 0 Å². The van der Waals surface area contributed by atoms with E-state index in [9.17, 15) is 19.5 Å². The molecule has 1 atom stereocenters. The number of nitrogens with one attached hydrogen (secondary N) is 2. The quantitative estimate of drug-likeness (QED) is 0.408. The smallest absolute Gasteiger partial charge is 0.407 e. The molecule has 0 saturated heterocycles. The van der Waals surface area contributed by atoms with E-state index >= 15 is 0 Å². The van der Waals surface area contributed by atoms with Crippen LogP contribution in [0.5, 0.6) is 0 Å². The average Bonchev–Trinajstić information content (AvgIpc) is 2.97. The van der Waals surface area contributed by atoms with Gasteiger partial charge in [-0.2, -0.15) is 0 Å². The third-order valence-corrected chi connectivity index (χ3v) is 4.46. The zero-order chi connectivity index (χ0) is 23.6. The van der Waals surface area contributed by atoms with Crippen molar-refractivity contribution < 1.29 is 33.7 Å². The first-order valence-corrected chi connectivity index (χ1v) is 10.7. The maximum Gasteiger partial charge on any atom is 0.407 e. The molecule has 178 valence electrons. The summed E-state index contributed by atoms with van der Waals surface area (Å²) in [7, 11) is 0. The number of carbonyl (C=O) groups is 3. The Labute approximate surface area is 188 Å². The molecule has 1 aliphatic heterocycles. The molecule has 1 unspecified atom stereocenters. The van der Waals surface area contributed by atoms with Gasteiger partial charge in [-0.1, -0.05) is 18.2 Å². The summed E-state index contributed by atoms with van der Waals surface area (Å²) in [5.74, 6) is -0.500. The second-order valence-corrected chi connectivity index (χ2v) is 8.21. The summed E-state index contributed by atoms with van der Waals surface area (Å²) in [4.78, 5) is 37.0. The van der Waals surface area contributed by atoms with Crippen LogP contribution in [0, 0.1) is 0 Å². The topological polar surface area (TPSA) is 126 Å². The van der Waals surface area contributed by atoms with Crippen molar-refractivity contribution in [2.24, 2.45) is 0 Å². The number of nitrogens with zero attached hydrogens (tertiary/aromatic N) is 1. The molecule has 3 amide bonds. The van der Waals surface area contributed by atoms with Crippen molar-refractivity contribution in [2.45, 2.75) is 39.0 Å². The lowest BCUT2D eigenvalue weighted by Gasteiger charge is -2.20. The maximum atomic E-state index is 12.3. The van der Waals surface area contributed by atoms with Crippen molar-refractivity contribution in [3.63, 3.8) is 0 Å². The largest absolute Gasteiger partial charge is 0.444 e. The lowest BCUT2D eigenvalue weighted by atomic mass is 10.1. The van der Waals surface area contributed by atoms with Crippen molar-refractivity contribution in [3.05, 3.63) is 35.4 Å². The van der Waals surface area contributed by atoms with Crippen LogP contribution in [-0.2, 0) is 19.0 Å². The Morgan fingerprint density at radius 1 is 1.03 bits per heavy atom. The molecule has 1 aliphatic rings. The molecule has 0 saturated carbocycles. The van der Waals surface area contributed by atoms with Crippen LogP contribution in [0.1, 0.15) is 49.3 Å². The molecule has 1 aromatic carbocycles. The van der Waals surface area contributed by atoms with Gasteiger partial charge in [-0.25, -0.2) is 4.79 Å². The number of aliphatic hydroxyl groups is 1. The first-order chi connectivity index (χ1) is 15.2. The number of carbonyl (C=O) groups excluding carboxylic acids is 3. The predicted octanol–water partition coefficient (Wildman–Crippen LogP) is 1.20. The monoisotopic (exact) mass is 451 g/mol. The molecule has 0 fully saturated rings. The third-order valence-electron chi connectivity index (χ3n) is 4.46. The summed E-state index contributed by atoms with van der Waals surface area (Å²) in [6.45, 7) is 7.55. The molecular formula is C22H33N3O7. The van der Waals surface area contributed by atoms with Crippen LogP contribution in [-0.4, -0.2) is 79.6 Å². The minimum absolute atomic E-state index is 0.0878. The number of rotatable bonds is 12. The molecule has 0 bridgehead atoms. The van der Waals surface area contributed by atoms with Gasteiger partial charge in [0.1, 0.15) is 5.60 Å². The third kappa shape index (κ3) is 8.45. The summed E-state index contributed by atoms with van der Waals surface area (Å²) in [5.41, 5.74) is 0.498. The van der Waals surface area contributed by atoms with Gasteiger partial charge >= 0.3 is 6.09 Å². The molecule has 10 heteroatoms. The van der Waals surface area contributed by atoms with Crippen molar-refractivity contribution in [3.8, 4) is 0 Å². The second kappa shape index (κ2) is 12.4. The SMILES string of the molecule is CC(C)(C)OC(=O)NCCOCCOCCNC(=O)CCN1C(=O)c2ccccc2C1O. The highest BCUT2D eigenvalue weighted by atomic mass is 16.6. The predicted molar refractivity (Wildman–Crippen MR) is 116 cm³/mol. The molecule has 0 spiro atoms. The van der Waals surface area contributed by atoms with Crippen molar-refractivity contribution in [2.75, 3.05) is 46.1 Å². The molecular weight excluding hydrogens is 418 g/mol. The second-order valence-electron chi connectivity index (χ2n) is 8.21. The van der Waals surface area contributed by atoms with Gasteiger partial charge in [0.15, 0.2) is 6.23 Å². The summed E-state index contributed by atoms with van der Waals surface area (Å²) in [6.07, 6.45) is -1.42. The molecule has 2 rings (SSSR count). The number of aliphatic hydroxyl groups excluding tert-OH is 1. The standard InChI is InChI=1S/C22H33N3O7/c1-22(2,3)32-21(29)24-10-13-31-15-14-30-12-9-23-18(26)8-11-25-19(27)16-6-4-5-7-17(16)20(25)28/h4-7,19,27H,8-15H2,1-3H3,(H,23,26)(H,24,29). The van der Waals surface area contributed by atoms with E-state index < -0.39 is 17.9 Å². The van der Waals surface area contributed by atoms with Crippen LogP contribution in [0.3, 0.4) is 0 Å². The first kappa shape index (κ1) is 25.6. The van der Waals surface area contributed by atoms with Crippen LogP contribution in [0.4, 0.5) is 4.79 Å². The number of alkyl carbamates (subject to hydrolysis) is 1. The normalized spacial score (nSPS) is 15.4. The molecule has 0 radical (unpaired) electrons. The van der Waals surface area contributed by atoms with Gasteiger partial charge in [-0.15, -0.1) is 0 Å². The van der Waals surface area contributed by atoms with Crippen LogP contribution in [0.25, 0.3) is 0 Å². The molecule has 32 heavy (non-hydrogen) atoms. The van der Waals surface area contributed by atoms with E-state index in [1.54, 1.807) is 45.0 Å². The molecule has 0 aromatic heterocycles. The number of benzene rings is 1. The zero-order valence-corrected chi connectivity index (χ0v) is 18.9. The Bertz CT molecular complexity index is 779. The summed E-state index contributed by atoms with van der Waals surface area (Å²) < 4.78 is 15.8. The van der Waals surface area contributed by atoms with E-state index in [0.717, 1.165) is 0 Å². The Morgan fingerprint density at radius 2 is 1.66 bits per heavy atom. The van der Waals surface area contributed by atoms with E-state index in [4.69, 9.17) is 14.2 Å². The van der Waals surface area contributed by atoms with Gasteiger partial charge in [0, 0.05) is 37.2 Å². The van der Waals surface area contributed by atoms with Crippen LogP contribution < -0.4 is 10.6 Å². The van der Waals surface area contributed by atoms with Crippen molar-refractivity contribution >= 4 is 17.9 Å². The van der Waals surface area contributed by atoms with Crippen LogP contribution in [0.15, 0.2) is 24.3 Å². The fourth-order valence-electron chi connectivity index (χ4n) is 3.01. The van der Waals surface area contributed by atoms with Gasteiger partial charge in [-0.05, 0) is 26.8 Å². The Kier molecular flexibility index (Phi) is 9.89. The number of hydrogen-bond donors (Lipinski definition) is 3. The number of fused-ring (bicyclic) bond motifs is 1. The fraction of sp³-hybridized carbons (Fsp3) is 0.591. The van der Waals surface area contributed by atoms with Gasteiger partial charge in [-0.3, -0.25) is 9.59 Å². The van der Waals surface area contributed by atoms with E-state index in [-0.39, 0.29) is 24.8 Å². The Hall–Kier alpha value is -2.69. The van der Waals surface area contributed by atoms with Gasteiger partial charge in [0.25, 0.3) is 5.91 Å². The fourth-order valence-corrected chi connectivity index (χ4v) is 3.01. The summed E-state index contributed by atoms with van der Waals surface area (Å²) >= 11 is 0. The molecule has 10 nitrogen and oxygen atoms in total. The zero-order valence-electron chi connectivity index (χ0n) is 18.9. The number of ether oxygens (including phenoxy) is 3. The van der Waals surface area contributed by atoms with E-state index in [0.29, 0.717) is 50.6 Å². The van der Waals surface area contributed by atoms with Crippen LogP contribution in [0.2, 0.25) is 0 Å². The van der Waals surface area contributed by atoms with E-state index in [2.05, 4.69) is 10.6 Å². The lowest BCUT2D eigenvalue weighted by molar-refractivity contribution is -0.121. The Balaban J connectivity index is 1.45. The lowest BCUT2D eigenvalue weighted by Crippen LogP contribution is -2.34. The van der Waals surface area contributed by atoms with Crippen molar-refractivity contribution in [1.29, 1.82) is 0 Å². The highest BCUT2D eigenvalue weighted by Crippen LogP contribution is 2.31. The average molecular weight is 452 g/mol. The van der Waals surface area contributed by atoms with Crippen LogP contribution >= 0.6 is 0 Å². The van der Waals surface area contributed by atoms with Gasteiger partial charge in [0.05, 0.1) is 26.4 Å². The number of amides is 3. The number of hydrogen-bond acceptors (Lipinski definition) is 7.